The molecule has 0 heterocycles. The van der Waals surface area contributed by atoms with Gasteiger partial charge >= 0.3 is 0 Å². The molecule has 0 fully saturated rings. The number of benzene rings is 2. The van der Waals surface area contributed by atoms with E-state index in [-0.39, 0.29) is 34.6 Å². The summed E-state index contributed by atoms with van der Waals surface area (Å²) in [6.45, 7) is 5.27. The summed E-state index contributed by atoms with van der Waals surface area (Å²) in [7, 11) is 1.69. The fourth-order valence-corrected chi connectivity index (χ4v) is 2.78. The molecule has 0 spiro atoms. The minimum absolute atomic E-state index is 0. The lowest BCUT2D eigenvalue weighted by Gasteiger charge is -2.12. The summed E-state index contributed by atoms with van der Waals surface area (Å²) in [4.78, 5) is 14.9. The molecule has 0 atom stereocenters. The van der Waals surface area contributed by atoms with Crippen LogP contribution < -0.4 is 10.6 Å². The van der Waals surface area contributed by atoms with Crippen LogP contribution in [0.5, 0.6) is 0 Å². The third-order valence-electron chi connectivity index (χ3n) is 3.85. The second-order valence-electron chi connectivity index (χ2n) is 5.98. The molecule has 0 saturated heterocycles. The van der Waals surface area contributed by atoms with Crippen molar-refractivity contribution in [3.8, 4) is 0 Å². The van der Waals surface area contributed by atoms with Crippen molar-refractivity contribution in [1.29, 1.82) is 0 Å². The average molecular weight is 468 g/mol. The second kappa shape index (κ2) is 10.7. The number of nitro benzene ring substituents is 1. The van der Waals surface area contributed by atoms with E-state index in [1.54, 1.807) is 25.2 Å². The van der Waals surface area contributed by atoms with E-state index >= 15 is 0 Å². The summed E-state index contributed by atoms with van der Waals surface area (Å²) in [6, 6.07) is 13.2. The van der Waals surface area contributed by atoms with E-state index in [9.17, 15) is 10.1 Å². The first kappa shape index (κ1) is 21.9. The van der Waals surface area contributed by atoms with Gasteiger partial charge in [0.15, 0.2) is 5.96 Å². The molecule has 0 aliphatic carbocycles. The predicted molar refractivity (Wildman–Crippen MR) is 116 cm³/mol. The SMILES string of the molecule is CN=C(NCCc1cc(C)cc(C)c1)NCc1ccccc1[N+](=O)[O-].I. The Morgan fingerprint density at radius 1 is 1.12 bits per heavy atom. The number of hydrogen-bond acceptors (Lipinski definition) is 3. The van der Waals surface area contributed by atoms with Crippen LogP contribution in [0.4, 0.5) is 5.69 Å². The highest BCUT2D eigenvalue weighted by atomic mass is 127. The Morgan fingerprint density at radius 3 is 2.38 bits per heavy atom. The van der Waals surface area contributed by atoms with E-state index < -0.39 is 0 Å². The molecule has 7 heteroatoms. The minimum atomic E-state index is -0.368. The molecule has 2 aromatic carbocycles. The number of halogens is 1. The van der Waals surface area contributed by atoms with Gasteiger partial charge < -0.3 is 10.6 Å². The van der Waals surface area contributed by atoms with Crippen molar-refractivity contribution < 1.29 is 4.92 Å². The molecule has 2 N–H and O–H groups in total. The van der Waals surface area contributed by atoms with Gasteiger partial charge in [-0.05, 0) is 25.8 Å². The Balaban J connectivity index is 0.00000338. The van der Waals surface area contributed by atoms with Gasteiger partial charge in [-0.15, -0.1) is 24.0 Å². The van der Waals surface area contributed by atoms with Gasteiger partial charge in [-0.1, -0.05) is 47.5 Å². The van der Waals surface area contributed by atoms with Crippen molar-refractivity contribution in [2.75, 3.05) is 13.6 Å². The van der Waals surface area contributed by atoms with Crippen LogP contribution in [0.1, 0.15) is 22.3 Å². The van der Waals surface area contributed by atoms with E-state index in [0.717, 1.165) is 13.0 Å². The summed E-state index contributed by atoms with van der Waals surface area (Å²) in [5.41, 5.74) is 4.53. The molecule has 6 nitrogen and oxygen atoms in total. The van der Waals surface area contributed by atoms with Gasteiger partial charge in [0.2, 0.25) is 0 Å². The van der Waals surface area contributed by atoms with Gasteiger partial charge in [-0.25, -0.2) is 0 Å². The summed E-state index contributed by atoms with van der Waals surface area (Å²) >= 11 is 0. The fraction of sp³-hybridized carbons (Fsp3) is 0.316. The molecule has 2 rings (SSSR count). The van der Waals surface area contributed by atoms with Gasteiger partial charge in [0.05, 0.1) is 4.92 Å². The van der Waals surface area contributed by atoms with Crippen molar-refractivity contribution >= 4 is 35.6 Å². The third kappa shape index (κ3) is 6.62. The van der Waals surface area contributed by atoms with Gasteiger partial charge in [0.1, 0.15) is 0 Å². The van der Waals surface area contributed by atoms with E-state index in [2.05, 4.69) is 47.7 Å². The van der Waals surface area contributed by atoms with Gasteiger partial charge in [-0.2, -0.15) is 0 Å². The molecule has 0 aromatic heterocycles. The van der Waals surface area contributed by atoms with Crippen molar-refractivity contribution in [3.63, 3.8) is 0 Å². The lowest BCUT2D eigenvalue weighted by atomic mass is 10.1. The molecule has 0 amide bonds. The highest BCUT2D eigenvalue weighted by Gasteiger charge is 2.12. The Morgan fingerprint density at radius 2 is 1.77 bits per heavy atom. The number of nitro groups is 1. The topological polar surface area (TPSA) is 79.6 Å². The normalized spacial score (nSPS) is 10.8. The quantitative estimate of drug-likeness (QED) is 0.223. The Hall–Kier alpha value is -2.16. The van der Waals surface area contributed by atoms with E-state index in [0.29, 0.717) is 18.1 Å². The molecule has 0 saturated carbocycles. The molecule has 2 aromatic rings. The number of nitrogens with zero attached hydrogens (tertiary/aromatic N) is 2. The highest BCUT2D eigenvalue weighted by Crippen LogP contribution is 2.17. The van der Waals surface area contributed by atoms with E-state index in [4.69, 9.17) is 0 Å². The Bertz CT molecular complexity index is 758. The van der Waals surface area contributed by atoms with Crippen molar-refractivity contribution in [2.24, 2.45) is 4.99 Å². The molecule has 0 unspecified atom stereocenters. The summed E-state index contributed by atoms with van der Waals surface area (Å²) in [6.07, 6.45) is 0.884. The average Bonchev–Trinajstić information content (AvgIpc) is 2.57. The van der Waals surface area contributed by atoms with Crippen LogP contribution in [0.2, 0.25) is 0 Å². The first-order valence-electron chi connectivity index (χ1n) is 8.23. The maximum atomic E-state index is 11.1. The molecular weight excluding hydrogens is 443 g/mol. The molecule has 0 bridgehead atoms. The number of hydrogen-bond donors (Lipinski definition) is 2. The number of aliphatic imine (C=N–C) groups is 1. The minimum Gasteiger partial charge on any atom is -0.356 e. The first-order valence-corrected chi connectivity index (χ1v) is 8.23. The summed E-state index contributed by atoms with van der Waals surface area (Å²) in [5.74, 6) is 0.627. The Kier molecular flexibility index (Phi) is 9.04. The molecule has 0 aliphatic rings. The lowest BCUT2D eigenvalue weighted by molar-refractivity contribution is -0.385. The molecule has 0 radical (unpaired) electrons. The Labute approximate surface area is 171 Å². The largest absolute Gasteiger partial charge is 0.356 e. The zero-order chi connectivity index (χ0) is 18.2. The smallest absolute Gasteiger partial charge is 0.274 e. The number of para-hydroxylation sites is 1. The van der Waals surface area contributed by atoms with Crippen LogP contribution in [0.15, 0.2) is 47.5 Å². The van der Waals surface area contributed by atoms with Crippen molar-refractivity contribution in [3.05, 3.63) is 74.8 Å². The van der Waals surface area contributed by atoms with Crippen molar-refractivity contribution in [1.82, 2.24) is 10.6 Å². The maximum absolute atomic E-state index is 11.1. The fourth-order valence-electron chi connectivity index (χ4n) is 2.78. The summed E-state index contributed by atoms with van der Waals surface area (Å²) < 4.78 is 0. The molecular formula is C19H25IN4O2. The van der Waals surface area contributed by atoms with Crippen LogP contribution >= 0.6 is 24.0 Å². The van der Waals surface area contributed by atoms with Gasteiger partial charge in [-0.3, -0.25) is 15.1 Å². The van der Waals surface area contributed by atoms with Crippen LogP contribution in [0.3, 0.4) is 0 Å². The van der Waals surface area contributed by atoms with Crippen LogP contribution in [0, 0.1) is 24.0 Å². The maximum Gasteiger partial charge on any atom is 0.274 e. The summed E-state index contributed by atoms with van der Waals surface area (Å²) in [5, 5.41) is 17.4. The van der Waals surface area contributed by atoms with Crippen LogP contribution in [-0.2, 0) is 13.0 Å². The van der Waals surface area contributed by atoms with E-state index in [1.165, 1.54) is 22.8 Å². The molecule has 140 valence electrons. The standard InChI is InChI=1S/C19H24N4O2.HI/c1-14-10-15(2)12-16(11-14)8-9-21-19(20-3)22-13-17-6-4-5-7-18(17)23(24)25;/h4-7,10-12H,8-9,13H2,1-3H3,(H2,20,21,22);1H. The van der Waals surface area contributed by atoms with Crippen LogP contribution in [-0.4, -0.2) is 24.5 Å². The van der Waals surface area contributed by atoms with E-state index in [1.807, 2.05) is 0 Å². The monoisotopic (exact) mass is 468 g/mol. The zero-order valence-corrected chi connectivity index (χ0v) is 17.6. The molecule has 26 heavy (non-hydrogen) atoms. The van der Waals surface area contributed by atoms with Gasteiger partial charge in [0.25, 0.3) is 5.69 Å². The first-order chi connectivity index (χ1) is 12.0. The third-order valence-corrected chi connectivity index (χ3v) is 3.85. The predicted octanol–water partition coefficient (Wildman–Crippen LogP) is 3.74. The van der Waals surface area contributed by atoms with Crippen LogP contribution in [0.25, 0.3) is 0 Å². The molecule has 0 aliphatic heterocycles. The number of nitrogens with one attached hydrogen (secondary N) is 2. The van der Waals surface area contributed by atoms with Gasteiger partial charge in [0, 0.05) is 31.8 Å². The number of guanidine groups is 1. The number of rotatable bonds is 6. The lowest BCUT2D eigenvalue weighted by Crippen LogP contribution is -2.38. The van der Waals surface area contributed by atoms with Crippen molar-refractivity contribution in [2.45, 2.75) is 26.8 Å². The number of aryl methyl sites for hydroxylation is 2. The second-order valence-corrected chi connectivity index (χ2v) is 5.98. The highest BCUT2D eigenvalue weighted by molar-refractivity contribution is 14.0. The zero-order valence-electron chi connectivity index (χ0n) is 15.3.